The molecule has 0 saturated heterocycles. The van der Waals surface area contributed by atoms with Crippen molar-refractivity contribution in [1.29, 1.82) is 0 Å². The number of rotatable bonds is 9. The van der Waals surface area contributed by atoms with Gasteiger partial charge in [0, 0.05) is 24.3 Å². The maximum Gasteiger partial charge on any atom is 0.491 e. The van der Waals surface area contributed by atoms with Crippen molar-refractivity contribution in [2.45, 2.75) is 24.8 Å². The van der Waals surface area contributed by atoms with Crippen LogP contribution in [0, 0.1) is 5.82 Å². The molecule has 0 bridgehead atoms. The number of aromatic nitrogens is 2. The molecule has 0 spiro atoms. The second-order valence-electron chi connectivity index (χ2n) is 8.37. The van der Waals surface area contributed by atoms with Gasteiger partial charge in [0.05, 0.1) is 36.0 Å². The van der Waals surface area contributed by atoms with E-state index < -0.39 is 66.2 Å². The Balaban J connectivity index is 1.94. The van der Waals surface area contributed by atoms with E-state index in [0.29, 0.717) is 0 Å². The molecular weight excluding hydrogens is 593 g/mol. The van der Waals surface area contributed by atoms with Crippen molar-refractivity contribution < 1.29 is 54.5 Å². The molecule has 1 heterocycles. The number of esters is 1. The number of carbonyl (C=O) groups excluding carboxylic acids is 2. The van der Waals surface area contributed by atoms with Crippen LogP contribution < -0.4 is 25.3 Å². The van der Waals surface area contributed by atoms with Gasteiger partial charge in [-0.1, -0.05) is 11.6 Å². The molecule has 3 rings (SSSR count). The molecule has 17 heteroatoms. The Morgan fingerprint density at radius 1 is 1.12 bits per heavy atom. The third kappa shape index (κ3) is 7.79. The number of halogens is 8. The zero-order valence-electron chi connectivity index (χ0n) is 21.0. The van der Waals surface area contributed by atoms with Gasteiger partial charge in [-0.25, -0.2) is 9.18 Å². The minimum atomic E-state index is -5.46. The summed E-state index contributed by atoms with van der Waals surface area (Å²) in [5, 5.41) is 6.42. The highest BCUT2D eigenvalue weighted by atomic mass is 35.5. The van der Waals surface area contributed by atoms with E-state index in [1.807, 2.05) is 0 Å². The van der Waals surface area contributed by atoms with E-state index >= 15 is 4.39 Å². The first-order valence-electron chi connectivity index (χ1n) is 11.3. The summed E-state index contributed by atoms with van der Waals surface area (Å²) in [5.41, 5.74) is 5.08. The van der Waals surface area contributed by atoms with Crippen molar-refractivity contribution in [2.75, 3.05) is 19.0 Å². The predicted molar refractivity (Wildman–Crippen MR) is 130 cm³/mol. The van der Waals surface area contributed by atoms with Crippen LogP contribution in [0.3, 0.4) is 0 Å². The highest BCUT2D eigenvalue weighted by Crippen LogP contribution is 2.38. The first-order valence-corrected chi connectivity index (χ1v) is 11.6. The van der Waals surface area contributed by atoms with E-state index in [0.717, 1.165) is 19.2 Å². The molecular formula is C24H20ClF7N4O5. The van der Waals surface area contributed by atoms with Crippen LogP contribution in [0.15, 0.2) is 36.5 Å². The number of anilines is 1. The molecule has 0 aliphatic rings. The SMILES string of the molecule is COc1ccc(C(=O)Nc2ccc(OCC(N)CC(F)(F)F)c(-c3c(Cl)cnn3C)c2)c(F)c1OC(=O)C(F)(F)F. The Kier molecular flexibility index (Phi) is 9.38. The highest BCUT2D eigenvalue weighted by Gasteiger charge is 2.42. The molecule has 1 atom stereocenters. The first kappa shape index (κ1) is 31.5. The fourth-order valence-electron chi connectivity index (χ4n) is 3.50. The van der Waals surface area contributed by atoms with Gasteiger partial charge in [-0.15, -0.1) is 0 Å². The Hall–Kier alpha value is -4.05. The largest absolute Gasteiger partial charge is 0.493 e. The van der Waals surface area contributed by atoms with Gasteiger partial charge in [-0.05, 0) is 30.3 Å². The lowest BCUT2D eigenvalue weighted by molar-refractivity contribution is -0.190. The molecule has 222 valence electrons. The molecule has 0 radical (unpaired) electrons. The molecule has 0 saturated carbocycles. The molecule has 1 aromatic heterocycles. The Bertz CT molecular complexity index is 1420. The molecule has 41 heavy (non-hydrogen) atoms. The average molecular weight is 613 g/mol. The summed E-state index contributed by atoms with van der Waals surface area (Å²) in [6.07, 6.45) is -10.0. The van der Waals surface area contributed by atoms with Crippen LogP contribution in [0.1, 0.15) is 16.8 Å². The van der Waals surface area contributed by atoms with Gasteiger partial charge in [0.2, 0.25) is 5.75 Å². The molecule has 3 N–H and O–H groups in total. The van der Waals surface area contributed by atoms with Crippen molar-refractivity contribution >= 4 is 29.2 Å². The molecule has 0 fully saturated rings. The number of hydrogen-bond acceptors (Lipinski definition) is 7. The van der Waals surface area contributed by atoms with Crippen LogP contribution >= 0.6 is 11.6 Å². The number of amides is 1. The summed E-state index contributed by atoms with van der Waals surface area (Å²) in [6.45, 7) is -0.538. The van der Waals surface area contributed by atoms with Gasteiger partial charge in [-0.2, -0.15) is 31.4 Å². The number of hydrogen-bond donors (Lipinski definition) is 2. The highest BCUT2D eigenvalue weighted by molar-refractivity contribution is 6.33. The summed E-state index contributed by atoms with van der Waals surface area (Å²) < 4.78 is 107. The first-order chi connectivity index (χ1) is 19.0. The smallest absolute Gasteiger partial charge is 0.491 e. The number of nitrogens with two attached hydrogens (primary N) is 1. The second kappa shape index (κ2) is 12.2. The number of nitrogens with zero attached hydrogens (tertiary/aromatic N) is 2. The molecule has 1 unspecified atom stereocenters. The monoisotopic (exact) mass is 612 g/mol. The second-order valence-corrected chi connectivity index (χ2v) is 8.77. The van der Waals surface area contributed by atoms with Gasteiger partial charge in [0.1, 0.15) is 12.4 Å². The lowest BCUT2D eigenvalue weighted by Gasteiger charge is -2.18. The number of aryl methyl sites for hydroxylation is 1. The molecule has 3 aromatic rings. The summed E-state index contributed by atoms with van der Waals surface area (Å²) in [4.78, 5) is 24.1. The van der Waals surface area contributed by atoms with Gasteiger partial charge in [0.15, 0.2) is 11.6 Å². The number of carbonyl (C=O) groups is 2. The van der Waals surface area contributed by atoms with E-state index in [1.54, 1.807) is 0 Å². The molecule has 2 aromatic carbocycles. The summed E-state index contributed by atoms with van der Waals surface area (Å²) in [7, 11) is 2.48. The van der Waals surface area contributed by atoms with Crippen LogP contribution in [0.5, 0.6) is 17.2 Å². The zero-order chi connectivity index (χ0) is 30.7. The standard InChI is InChI=1S/C24H20ClF7N4O5/c1-36-19(15(25)9-34-36)14-7-12(3-5-16(14)40-10-11(33)8-23(27,28)29)35-21(37)13-4-6-17(39-2)20(18(13)26)41-22(38)24(30,31)32/h3-7,9,11H,8,10,33H2,1-2H3,(H,35,37). The lowest BCUT2D eigenvalue weighted by Crippen LogP contribution is -2.33. The van der Waals surface area contributed by atoms with E-state index in [-0.39, 0.29) is 27.7 Å². The normalized spacial score (nSPS) is 12.6. The van der Waals surface area contributed by atoms with E-state index in [9.17, 15) is 35.9 Å². The van der Waals surface area contributed by atoms with Crippen molar-refractivity contribution in [3.63, 3.8) is 0 Å². The van der Waals surface area contributed by atoms with Gasteiger partial charge in [-0.3, -0.25) is 9.48 Å². The number of nitrogens with one attached hydrogen (secondary N) is 1. The molecule has 0 aliphatic heterocycles. The Morgan fingerprint density at radius 3 is 2.34 bits per heavy atom. The van der Waals surface area contributed by atoms with Crippen molar-refractivity contribution in [3.05, 3.63) is 52.9 Å². The molecule has 9 nitrogen and oxygen atoms in total. The number of benzene rings is 2. The summed E-state index contributed by atoms with van der Waals surface area (Å²) in [6, 6.07) is 4.21. The lowest BCUT2D eigenvalue weighted by atomic mass is 10.1. The molecule has 0 aliphatic carbocycles. The molecule has 1 amide bonds. The van der Waals surface area contributed by atoms with Gasteiger partial charge >= 0.3 is 18.3 Å². The third-order valence-electron chi connectivity index (χ3n) is 5.28. The van der Waals surface area contributed by atoms with Crippen LogP contribution in [0.2, 0.25) is 5.02 Å². The number of methoxy groups -OCH3 is 1. The number of alkyl halides is 6. The van der Waals surface area contributed by atoms with E-state index in [2.05, 4.69) is 15.2 Å². The Morgan fingerprint density at radius 2 is 1.78 bits per heavy atom. The van der Waals surface area contributed by atoms with Crippen LogP contribution in [0.4, 0.5) is 36.4 Å². The van der Waals surface area contributed by atoms with Crippen LogP contribution in [0.25, 0.3) is 11.3 Å². The third-order valence-corrected chi connectivity index (χ3v) is 5.56. The Labute approximate surface area is 231 Å². The maximum absolute atomic E-state index is 15.1. The van der Waals surface area contributed by atoms with Crippen molar-refractivity contribution in [2.24, 2.45) is 12.8 Å². The minimum absolute atomic E-state index is 0.0155. The minimum Gasteiger partial charge on any atom is -0.493 e. The van der Waals surface area contributed by atoms with Crippen LogP contribution in [-0.2, 0) is 11.8 Å². The van der Waals surface area contributed by atoms with E-state index in [1.165, 1.54) is 36.1 Å². The fraction of sp³-hybridized carbons (Fsp3) is 0.292. The summed E-state index contributed by atoms with van der Waals surface area (Å²) in [5.74, 6) is -7.36. The van der Waals surface area contributed by atoms with Gasteiger partial charge in [0.25, 0.3) is 5.91 Å². The summed E-state index contributed by atoms with van der Waals surface area (Å²) >= 11 is 6.21. The van der Waals surface area contributed by atoms with E-state index in [4.69, 9.17) is 26.8 Å². The zero-order valence-corrected chi connectivity index (χ0v) is 21.7. The maximum atomic E-state index is 15.1. The number of ether oxygens (including phenoxy) is 3. The predicted octanol–water partition coefficient (Wildman–Crippen LogP) is 5.27. The van der Waals surface area contributed by atoms with Crippen molar-refractivity contribution in [3.8, 4) is 28.5 Å². The van der Waals surface area contributed by atoms with Gasteiger partial charge < -0.3 is 25.3 Å². The topological polar surface area (TPSA) is 118 Å². The fourth-order valence-corrected chi connectivity index (χ4v) is 3.77. The average Bonchev–Trinajstić information content (AvgIpc) is 3.19. The quantitative estimate of drug-likeness (QED) is 0.192. The van der Waals surface area contributed by atoms with Crippen molar-refractivity contribution in [1.82, 2.24) is 9.78 Å². The van der Waals surface area contributed by atoms with Crippen LogP contribution in [-0.4, -0.2) is 53.8 Å².